The molecule has 0 spiro atoms. The van der Waals surface area contributed by atoms with Crippen LogP contribution < -0.4 is 5.32 Å². The zero-order valence-corrected chi connectivity index (χ0v) is 10.9. The van der Waals surface area contributed by atoms with Crippen LogP contribution >= 0.6 is 0 Å². The number of nitrogens with one attached hydrogen (secondary N) is 1. The van der Waals surface area contributed by atoms with Gasteiger partial charge in [-0.15, -0.1) is 0 Å². The first kappa shape index (κ1) is 13.6. The fourth-order valence-electron chi connectivity index (χ4n) is 1.66. The Morgan fingerprint density at radius 3 is 2.79 bits per heavy atom. The molecule has 0 bridgehead atoms. The second-order valence-corrected chi connectivity index (χ2v) is 4.61. The van der Waals surface area contributed by atoms with E-state index in [4.69, 9.17) is 0 Å². The average molecular weight is 266 g/mol. The molecule has 4 nitrogen and oxygen atoms in total. The van der Waals surface area contributed by atoms with Crippen molar-refractivity contribution in [1.29, 1.82) is 0 Å². The van der Waals surface area contributed by atoms with Gasteiger partial charge in [0.05, 0.1) is 13.1 Å². The van der Waals surface area contributed by atoms with Crippen LogP contribution in [0, 0.1) is 11.6 Å². The van der Waals surface area contributed by atoms with Crippen molar-refractivity contribution in [2.45, 2.75) is 33.0 Å². The molecule has 1 aromatic heterocycles. The Morgan fingerprint density at radius 1 is 1.32 bits per heavy atom. The van der Waals surface area contributed by atoms with Gasteiger partial charge in [-0.2, -0.15) is 5.10 Å². The summed E-state index contributed by atoms with van der Waals surface area (Å²) < 4.78 is 28.0. The molecular formula is C13H16F2N4. The summed E-state index contributed by atoms with van der Waals surface area (Å²) in [5.41, 5.74) is 0.387. The van der Waals surface area contributed by atoms with Crippen LogP contribution in [0.3, 0.4) is 0 Å². The van der Waals surface area contributed by atoms with E-state index < -0.39 is 11.6 Å². The molecule has 0 amide bonds. The van der Waals surface area contributed by atoms with Gasteiger partial charge in [-0.3, -0.25) is 0 Å². The predicted molar refractivity (Wildman–Crippen MR) is 67.5 cm³/mol. The number of benzene rings is 1. The van der Waals surface area contributed by atoms with E-state index in [9.17, 15) is 8.78 Å². The van der Waals surface area contributed by atoms with Crippen LogP contribution in [0.1, 0.15) is 25.2 Å². The third-order valence-corrected chi connectivity index (χ3v) is 2.70. The molecule has 2 rings (SSSR count). The molecule has 1 aromatic carbocycles. The summed E-state index contributed by atoms with van der Waals surface area (Å²) in [5, 5.41) is 7.28. The van der Waals surface area contributed by atoms with Crippen LogP contribution in [0.5, 0.6) is 0 Å². The smallest absolute Gasteiger partial charge is 0.141 e. The van der Waals surface area contributed by atoms with E-state index in [1.807, 2.05) is 13.8 Å². The van der Waals surface area contributed by atoms with E-state index >= 15 is 0 Å². The molecule has 0 fully saturated rings. The largest absolute Gasteiger partial charge is 0.308 e. The number of hydrogen-bond acceptors (Lipinski definition) is 3. The van der Waals surface area contributed by atoms with Crippen molar-refractivity contribution in [3.63, 3.8) is 0 Å². The topological polar surface area (TPSA) is 42.7 Å². The molecule has 0 saturated heterocycles. The minimum Gasteiger partial charge on any atom is -0.308 e. The molecule has 1 N–H and O–H groups in total. The SMILES string of the molecule is CC(C)NCc1ncnn1Cc1ccc(F)cc1F. The van der Waals surface area contributed by atoms with Gasteiger partial charge in [0.1, 0.15) is 23.8 Å². The first-order chi connectivity index (χ1) is 9.06. The van der Waals surface area contributed by atoms with Crippen LogP contribution in [-0.2, 0) is 13.1 Å². The Labute approximate surface area is 110 Å². The van der Waals surface area contributed by atoms with Gasteiger partial charge < -0.3 is 5.32 Å². The lowest BCUT2D eigenvalue weighted by Gasteiger charge is -2.10. The van der Waals surface area contributed by atoms with E-state index in [0.29, 0.717) is 18.2 Å². The highest BCUT2D eigenvalue weighted by Crippen LogP contribution is 2.11. The van der Waals surface area contributed by atoms with Crippen LogP contribution in [0.4, 0.5) is 8.78 Å². The molecule has 0 radical (unpaired) electrons. The standard InChI is InChI=1S/C13H16F2N4/c1-9(2)16-6-13-17-8-18-19(13)7-10-3-4-11(14)5-12(10)15/h3-5,8-9,16H,6-7H2,1-2H3. The van der Waals surface area contributed by atoms with Gasteiger partial charge in [0.25, 0.3) is 0 Å². The van der Waals surface area contributed by atoms with Crippen LogP contribution in [-0.4, -0.2) is 20.8 Å². The summed E-state index contributed by atoms with van der Waals surface area (Å²) in [4.78, 5) is 4.12. The first-order valence-electron chi connectivity index (χ1n) is 6.10. The van der Waals surface area contributed by atoms with E-state index in [0.717, 1.165) is 11.9 Å². The summed E-state index contributed by atoms with van der Waals surface area (Å²) in [7, 11) is 0. The third kappa shape index (κ3) is 3.57. The van der Waals surface area contributed by atoms with Gasteiger partial charge in [0.15, 0.2) is 0 Å². The van der Waals surface area contributed by atoms with Crippen molar-refractivity contribution < 1.29 is 8.78 Å². The highest BCUT2D eigenvalue weighted by atomic mass is 19.1. The van der Waals surface area contributed by atoms with Gasteiger partial charge >= 0.3 is 0 Å². The second-order valence-electron chi connectivity index (χ2n) is 4.61. The average Bonchev–Trinajstić information content (AvgIpc) is 2.77. The van der Waals surface area contributed by atoms with Crippen LogP contribution in [0.25, 0.3) is 0 Å². The highest BCUT2D eigenvalue weighted by molar-refractivity contribution is 5.18. The maximum Gasteiger partial charge on any atom is 0.141 e. The molecule has 102 valence electrons. The lowest BCUT2D eigenvalue weighted by Crippen LogP contribution is -2.24. The molecule has 2 aromatic rings. The monoisotopic (exact) mass is 266 g/mol. The van der Waals surface area contributed by atoms with Crippen molar-refractivity contribution in [3.8, 4) is 0 Å². The van der Waals surface area contributed by atoms with Crippen molar-refractivity contribution >= 4 is 0 Å². The predicted octanol–water partition coefficient (Wildman–Crippen LogP) is 2.10. The Hall–Kier alpha value is -1.82. The Balaban J connectivity index is 2.12. The van der Waals surface area contributed by atoms with Gasteiger partial charge in [0.2, 0.25) is 0 Å². The second kappa shape index (κ2) is 5.88. The van der Waals surface area contributed by atoms with Gasteiger partial charge in [-0.1, -0.05) is 19.9 Å². The lowest BCUT2D eigenvalue weighted by atomic mass is 10.2. The zero-order valence-electron chi connectivity index (χ0n) is 10.9. The molecule has 0 atom stereocenters. The summed E-state index contributed by atoms with van der Waals surface area (Å²) in [5.74, 6) is -0.433. The van der Waals surface area contributed by atoms with Crippen molar-refractivity contribution in [2.24, 2.45) is 0 Å². The van der Waals surface area contributed by atoms with E-state index in [2.05, 4.69) is 15.4 Å². The fourth-order valence-corrected chi connectivity index (χ4v) is 1.66. The summed E-state index contributed by atoms with van der Waals surface area (Å²) >= 11 is 0. The maximum absolute atomic E-state index is 13.6. The molecule has 0 unspecified atom stereocenters. The zero-order chi connectivity index (χ0) is 13.8. The maximum atomic E-state index is 13.6. The molecule has 0 saturated carbocycles. The summed E-state index contributed by atoms with van der Waals surface area (Å²) in [6.45, 7) is 4.85. The van der Waals surface area contributed by atoms with E-state index in [-0.39, 0.29) is 6.54 Å². The number of halogens is 2. The minimum atomic E-state index is -0.582. The molecule has 0 aliphatic rings. The lowest BCUT2D eigenvalue weighted by molar-refractivity contribution is 0.524. The first-order valence-corrected chi connectivity index (χ1v) is 6.10. The van der Waals surface area contributed by atoms with Crippen LogP contribution in [0.2, 0.25) is 0 Å². The number of hydrogen-bond donors (Lipinski definition) is 1. The molecule has 0 aliphatic heterocycles. The molecular weight excluding hydrogens is 250 g/mol. The molecule has 0 aliphatic carbocycles. The molecule has 1 heterocycles. The van der Waals surface area contributed by atoms with Gasteiger partial charge in [-0.05, 0) is 6.07 Å². The van der Waals surface area contributed by atoms with Crippen molar-refractivity contribution in [1.82, 2.24) is 20.1 Å². The number of aromatic nitrogens is 3. The van der Waals surface area contributed by atoms with Gasteiger partial charge in [0, 0.05) is 17.7 Å². The minimum absolute atomic E-state index is 0.237. The molecule has 19 heavy (non-hydrogen) atoms. The Bertz CT molecular complexity index is 551. The third-order valence-electron chi connectivity index (χ3n) is 2.70. The molecule has 6 heteroatoms. The highest BCUT2D eigenvalue weighted by Gasteiger charge is 2.09. The van der Waals surface area contributed by atoms with E-state index in [1.54, 1.807) is 4.68 Å². The Kier molecular flexibility index (Phi) is 4.21. The quantitative estimate of drug-likeness (QED) is 0.901. The summed E-state index contributed by atoms with van der Waals surface area (Å²) in [6.07, 6.45) is 1.43. The van der Waals surface area contributed by atoms with Crippen molar-refractivity contribution in [3.05, 3.63) is 47.5 Å². The number of rotatable bonds is 5. The number of nitrogens with zero attached hydrogens (tertiary/aromatic N) is 3. The normalized spacial score (nSPS) is 11.2. The Morgan fingerprint density at radius 2 is 2.11 bits per heavy atom. The van der Waals surface area contributed by atoms with Crippen LogP contribution in [0.15, 0.2) is 24.5 Å². The summed E-state index contributed by atoms with van der Waals surface area (Å²) in [6, 6.07) is 3.86. The van der Waals surface area contributed by atoms with Crippen molar-refractivity contribution in [2.75, 3.05) is 0 Å². The van der Waals surface area contributed by atoms with E-state index in [1.165, 1.54) is 18.5 Å². The fraction of sp³-hybridized carbons (Fsp3) is 0.385. The van der Waals surface area contributed by atoms with Gasteiger partial charge in [-0.25, -0.2) is 18.4 Å².